The van der Waals surface area contributed by atoms with Crippen LogP contribution in [0.25, 0.3) is 10.1 Å². The lowest BCUT2D eigenvalue weighted by molar-refractivity contribution is 0.409. The fourth-order valence-corrected chi connectivity index (χ4v) is 3.13. The highest BCUT2D eigenvalue weighted by molar-refractivity contribution is 7.13. The Hall–Kier alpha value is -2.07. The first-order chi connectivity index (χ1) is 9.29. The number of aromatic nitrogens is 1. The van der Waals surface area contributed by atoms with Crippen molar-refractivity contribution in [3.8, 4) is 5.75 Å². The summed E-state index contributed by atoms with van der Waals surface area (Å²) in [6.07, 6.45) is 0. The lowest BCUT2D eigenvalue weighted by Crippen LogP contribution is -2.14. The number of rotatable bonds is 3. The Balaban J connectivity index is 2.06. The molecule has 0 aliphatic rings. The van der Waals surface area contributed by atoms with Crippen molar-refractivity contribution in [1.82, 2.24) is 3.96 Å². The van der Waals surface area contributed by atoms with Crippen molar-refractivity contribution in [3.05, 3.63) is 64.4 Å². The molecule has 0 saturated heterocycles. The van der Waals surface area contributed by atoms with Gasteiger partial charge in [-0.1, -0.05) is 41.9 Å². The van der Waals surface area contributed by atoms with E-state index in [-0.39, 0.29) is 5.56 Å². The molecule has 0 bridgehead atoms. The van der Waals surface area contributed by atoms with Crippen LogP contribution in [0.5, 0.6) is 5.75 Å². The van der Waals surface area contributed by atoms with E-state index in [1.807, 2.05) is 48.5 Å². The van der Waals surface area contributed by atoms with E-state index in [1.54, 1.807) is 11.1 Å². The zero-order valence-corrected chi connectivity index (χ0v) is 11.3. The number of fused-ring (bicyclic) bond motifs is 1. The van der Waals surface area contributed by atoms with E-state index >= 15 is 0 Å². The van der Waals surface area contributed by atoms with Crippen molar-refractivity contribution >= 4 is 21.6 Å². The maximum Gasteiger partial charge on any atom is 0.268 e. The van der Waals surface area contributed by atoms with E-state index in [9.17, 15) is 4.79 Å². The van der Waals surface area contributed by atoms with Crippen LogP contribution in [0.1, 0.15) is 5.56 Å². The molecule has 19 heavy (non-hydrogen) atoms. The van der Waals surface area contributed by atoms with Crippen LogP contribution in [0.2, 0.25) is 0 Å². The molecule has 0 aliphatic heterocycles. The van der Waals surface area contributed by atoms with Crippen LogP contribution in [-0.2, 0) is 6.54 Å². The number of ether oxygens (including phenoxy) is 1. The van der Waals surface area contributed by atoms with Gasteiger partial charge in [0.05, 0.1) is 23.7 Å². The Labute approximate surface area is 114 Å². The van der Waals surface area contributed by atoms with Gasteiger partial charge < -0.3 is 4.74 Å². The summed E-state index contributed by atoms with van der Waals surface area (Å²) >= 11 is 1.49. The third kappa shape index (κ3) is 2.15. The Morgan fingerprint density at radius 1 is 1.11 bits per heavy atom. The summed E-state index contributed by atoms with van der Waals surface area (Å²) in [5, 5.41) is 0.780. The Morgan fingerprint density at radius 2 is 1.84 bits per heavy atom. The second-order valence-corrected chi connectivity index (χ2v) is 5.30. The molecule has 0 radical (unpaired) electrons. The smallest absolute Gasteiger partial charge is 0.268 e. The van der Waals surface area contributed by atoms with Gasteiger partial charge in [-0.3, -0.25) is 8.75 Å². The minimum Gasteiger partial charge on any atom is -0.496 e. The molecule has 0 aliphatic carbocycles. The van der Waals surface area contributed by atoms with E-state index < -0.39 is 0 Å². The Morgan fingerprint density at radius 3 is 2.63 bits per heavy atom. The predicted octanol–water partition coefficient (Wildman–Crippen LogP) is 3.12. The summed E-state index contributed by atoms with van der Waals surface area (Å²) in [5.41, 5.74) is 1.07. The molecule has 1 heterocycles. The average Bonchev–Trinajstić information content (AvgIpc) is 2.77. The summed E-state index contributed by atoms with van der Waals surface area (Å²) in [4.78, 5) is 12.3. The first kappa shape index (κ1) is 12.0. The Kier molecular flexibility index (Phi) is 3.09. The molecule has 96 valence electrons. The lowest BCUT2D eigenvalue weighted by atomic mass is 10.2. The first-order valence-corrected chi connectivity index (χ1v) is 6.77. The summed E-state index contributed by atoms with van der Waals surface area (Å²) in [5.74, 6) is 0.812. The van der Waals surface area contributed by atoms with E-state index in [2.05, 4.69) is 0 Å². The number of para-hydroxylation sites is 1. The maximum absolute atomic E-state index is 12.3. The van der Waals surface area contributed by atoms with Crippen LogP contribution in [0.15, 0.2) is 53.3 Å². The molecule has 0 saturated carbocycles. The molecule has 1 aromatic heterocycles. The van der Waals surface area contributed by atoms with Gasteiger partial charge in [0, 0.05) is 5.56 Å². The van der Waals surface area contributed by atoms with Gasteiger partial charge in [0.1, 0.15) is 5.75 Å². The van der Waals surface area contributed by atoms with Crippen molar-refractivity contribution in [2.75, 3.05) is 7.11 Å². The van der Waals surface area contributed by atoms with Crippen LogP contribution < -0.4 is 10.3 Å². The minimum absolute atomic E-state index is 0.0616. The summed E-state index contributed by atoms with van der Waals surface area (Å²) in [6.45, 7) is 0.544. The molecule has 0 N–H and O–H groups in total. The summed E-state index contributed by atoms with van der Waals surface area (Å²) in [7, 11) is 1.65. The topological polar surface area (TPSA) is 31.2 Å². The quantitative estimate of drug-likeness (QED) is 0.733. The number of benzene rings is 2. The molecule has 0 unspecified atom stereocenters. The molecular weight excluding hydrogens is 258 g/mol. The fourth-order valence-electron chi connectivity index (χ4n) is 2.11. The largest absolute Gasteiger partial charge is 0.496 e. The van der Waals surface area contributed by atoms with E-state index in [1.165, 1.54) is 11.5 Å². The van der Waals surface area contributed by atoms with E-state index in [0.717, 1.165) is 21.4 Å². The highest BCUT2D eigenvalue weighted by Gasteiger charge is 2.09. The third-order valence-corrected chi connectivity index (χ3v) is 4.13. The molecule has 3 nitrogen and oxygen atoms in total. The normalized spacial score (nSPS) is 10.8. The van der Waals surface area contributed by atoms with Crippen molar-refractivity contribution in [3.63, 3.8) is 0 Å². The predicted molar refractivity (Wildman–Crippen MR) is 78.2 cm³/mol. The van der Waals surface area contributed by atoms with Crippen LogP contribution in [-0.4, -0.2) is 11.1 Å². The lowest BCUT2D eigenvalue weighted by Gasteiger charge is -2.07. The van der Waals surface area contributed by atoms with Gasteiger partial charge in [0.2, 0.25) is 0 Å². The van der Waals surface area contributed by atoms with Crippen LogP contribution >= 0.6 is 11.5 Å². The SMILES string of the molecule is COc1ccccc1Cn1sc2ccccc2c1=O. The monoisotopic (exact) mass is 271 g/mol. The third-order valence-electron chi connectivity index (χ3n) is 3.06. The molecule has 2 aromatic carbocycles. The second-order valence-electron chi connectivity index (χ2n) is 4.24. The van der Waals surface area contributed by atoms with Gasteiger partial charge in [-0.25, -0.2) is 0 Å². The van der Waals surface area contributed by atoms with Gasteiger partial charge in [-0.2, -0.15) is 0 Å². The van der Waals surface area contributed by atoms with Gasteiger partial charge in [0.25, 0.3) is 5.56 Å². The second kappa shape index (κ2) is 4.90. The van der Waals surface area contributed by atoms with Crippen LogP contribution in [0, 0.1) is 0 Å². The number of methoxy groups -OCH3 is 1. The molecule has 3 rings (SSSR count). The van der Waals surface area contributed by atoms with Gasteiger partial charge >= 0.3 is 0 Å². The van der Waals surface area contributed by atoms with Crippen LogP contribution in [0.4, 0.5) is 0 Å². The average molecular weight is 271 g/mol. The standard InChI is InChI=1S/C15H13NO2S/c1-18-13-8-4-2-6-11(13)10-16-15(17)12-7-3-5-9-14(12)19-16/h2-9H,10H2,1H3. The fraction of sp³-hybridized carbons (Fsp3) is 0.133. The van der Waals surface area contributed by atoms with Gasteiger partial charge in [-0.05, 0) is 18.2 Å². The molecule has 0 spiro atoms. The Bertz CT molecular complexity index is 773. The maximum atomic E-state index is 12.3. The highest BCUT2D eigenvalue weighted by Crippen LogP contribution is 2.21. The molecule has 4 heteroatoms. The zero-order valence-electron chi connectivity index (χ0n) is 10.5. The number of hydrogen-bond donors (Lipinski definition) is 0. The van der Waals surface area contributed by atoms with Crippen molar-refractivity contribution in [2.45, 2.75) is 6.54 Å². The molecule has 0 atom stereocenters. The number of hydrogen-bond acceptors (Lipinski definition) is 3. The van der Waals surface area contributed by atoms with Gasteiger partial charge in [0.15, 0.2) is 0 Å². The van der Waals surface area contributed by atoms with E-state index in [0.29, 0.717) is 6.54 Å². The van der Waals surface area contributed by atoms with Crippen molar-refractivity contribution in [1.29, 1.82) is 0 Å². The zero-order chi connectivity index (χ0) is 13.2. The number of nitrogens with zero attached hydrogens (tertiary/aromatic N) is 1. The van der Waals surface area contributed by atoms with Crippen LogP contribution in [0.3, 0.4) is 0 Å². The minimum atomic E-state index is 0.0616. The molecule has 0 fully saturated rings. The first-order valence-electron chi connectivity index (χ1n) is 6.00. The highest BCUT2D eigenvalue weighted by atomic mass is 32.1. The summed E-state index contributed by atoms with van der Waals surface area (Å²) < 4.78 is 8.10. The molecular formula is C15H13NO2S. The van der Waals surface area contributed by atoms with E-state index in [4.69, 9.17) is 4.74 Å². The van der Waals surface area contributed by atoms with Crippen molar-refractivity contribution < 1.29 is 4.74 Å². The molecule has 0 amide bonds. The molecule has 3 aromatic rings. The van der Waals surface area contributed by atoms with Crippen molar-refractivity contribution in [2.24, 2.45) is 0 Å². The van der Waals surface area contributed by atoms with Gasteiger partial charge in [-0.15, -0.1) is 0 Å². The summed E-state index contributed by atoms with van der Waals surface area (Å²) in [6, 6.07) is 15.5.